The first-order chi connectivity index (χ1) is 14.6. The second-order valence-electron chi connectivity index (χ2n) is 8.84. The van der Waals surface area contributed by atoms with Gasteiger partial charge in [0.05, 0.1) is 6.10 Å². The number of aryl methyl sites for hydroxylation is 1. The van der Waals surface area contributed by atoms with Crippen LogP contribution in [-0.4, -0.2) is 74.2 Å². The van der Waals surface area contributed by atoms with Crippen molar-refractivity contribution >= 4 is 11.8 Å². The Morgan fingerprint density at radius 1 is 1.07 bits per heavy atom. The summed E-state index contributed by atoms with van der Waals surface area (Å²) in [5.41, 5.74) is 2.78. The van der Waals surface area contributed by atoms with E-state index in [1.165, 1.54) is 0 Å². The molecule has 2 N–H and O–H groups in total. The van der Waals surface area contributed by atoms with Crippen LogP contribution in [0.2, 0.25) is 0 Å². The number of pyridine rings is 1. The highest BCUT2D eigenvalue weighted by atomic mass is 16.3. The molecule has 2 aliphatic heterocycles. The summed E-state index contributed by atoms with van der Waals surface area (Å²) >= 11 is 0. The summed E-state index contributed by atoms with van der Waals surface area (Å²) in [6.45, 7) is 2.09. The number of aromatic amines is 1. The molecule has 8 nitrogen and oxygen atoms in total. The topological polar surface area (TPSA) is 102 Å². The van der Waals surface area contributed by atoms with Crippen LogP contribution in [0.25, 0.3) is 0 Å². The predicted molar refractivity (Wildman–Crippen MR) is 109 cm³/mol. The molecule has 2 atom stereocenters. The SMILES string of the molecule is O=C(c1ccncc1)N1CCC[C@@]2(C1)CN(C(=O)c1n[nH]c3c1CCC3)CC[C@@H]2O. The molecule has 30 heavy (non-hydrogen) atoms. The number of aliphatic hydroxyl groups excluding tert-OH is 1. The molecule has 4 heterocycles. The van der Waals surface area contributed by atoms with Crippen LogP contribution in [-0.2, 0) is 12.8 Å². The number of carbonyl (C=O) groups is 2. The van der Waals surface area contributed by atoms with Crippen molar-refractivity contribution in [1.82, 2.24) is 25.0 Å². The summed E-state index contributed by atoms with van der Waals surface area (Å²) in [7, 11) is 0. The highest BCUT2D eigenvalue weighted by Gasteiger charge is 2.48. The molecule has 2 fully saturated rings. The average molecular weight is 409 g/mol. The van der Waals surface area contributed by atoms with E-state index in [0.717, 1.165) is 43.4 Å². The zero-order valence-electron chi connectivity index (χ0n) is 17.0. The lowest BCUT2D eigenvalue weighted by molar-refractivity contribution is -0.0710. The molecule has 2 saturated heterocycles. The largest absolute Gasteiger partial charge is 0.392 e. The number of likely N-dealkylation sites (tertiary alicyclic amines) is 2. The third-order valence-corrected chi connectivity index (χ3v) is 7.00. The molecule has 0 saturated carbocycles. The standard InChI is InChI=1S/C22H27N5O3/c28-18-7-12-27(21(30)19-16-3-1-4-17(16)24-25-19)14-22(18)8-2-11-26(13-22)20(29)15-5-9-23-10-6-15/h5-6,9-10,18,28H,1-4,7-8,11-14H2,(H,24,25)/t18-,22+/m0/s1. The number of fused-ring (bicyclic) bond motifs is 1. The van der Waals surface area contributed by atoms with E-state index in [9.17, 15) is 14.7 Å². The summed E-state index contributed by atoms with van der Waals surface area (Å²) in [4.78, 5) is 33.9. The van der Waals surface area contributed by atoms with Gasteiger partial charge in [0.2, 0.25) is 0 Å². The Kier molecular flexibility index (Phi) is 4.81. The Hall–Kier alpha value is -2.74. The van der Waals surface area contributed by atoms with Gasteiger partial charge in [-0.15, -0.1) is 0 Å². The molecule has 2 aromatic rings. The molecular formula is C22H27N5O3. The van der Waals surface area contributed by atoms with Crippen molar-refractivity contribution in [1.29, 1.82) is 0 Å². The second kappa shape index (κ2) is 7.50. The number of carbonyl (C=O) groups excluding carboxylic acids is 2. The first-order valence-electron chi connectivity index (χ1n) is 10.8. The molecule has 158 valence electrons. The minimum Gasteiger partial charge on any atom is -0.392 e. The van der Waals surface area contributed by atoms with E-state index in [1.807, 2.05) is 9.80 Å². The number of aromatic nitrogens is 3. The van der Waals surface area contributed by atoms with Gasteiger partial charge in [0.1, 0.15) is 0 Å². The zero-order valence-corrected chi connectivity index (χ0v) is 17.0. The summed E-state index contributed by atoms with van der Waals surface area (Å²) in [6, 6.07) is 3.43. The highest BCUT2D eigenvalue weighted by molar-refractivity contribution is 5.95. The van der Waals surface area contributed by atoms with Gasteiger partial charge in [-0.1, -0.05) is 0 Å². The van der Waals surface area contributed by atoms with Crippen LogP contribution in [0.3, 0.4) is 0 Å². The fourth-order valence-corrected chi connectivity index (χ4v) is 5.38. The summed E-state index contributed by atoms with van der Waals surface area (Å²) < 4.78 is 0. The monoisotopic (exact) mass is 409 g/mol. The van der Waals surface area contributed by atoms with Crippen molar-refractivity contribution in [2.24, 2.45) is 5.41 Å². The molecule has 8 heteroatoms. The van der Waals surface area contributed by atoms with Crippen molar-refractivity contribution in [3.05, 3.63) is 47.0 Å². The molecule has 2 aromatic heterocycles. The first-order valence-corrected chi connectivity index (χ1v) is 10.8. The number of hydrogen-bond donors (Lipinski definition) is 2. The molecule has 5 rings (SSSR count). The number of piperidine rings is 2. The maximum absolute atomic E-state index is 13.3. The van der Waals surface area contributed by atoms with Crippen LogP contribution in [0.5, 0.6) is 0 Å². The van der Waals surface area contributed by atoms with E-state index < -0.39 is 11.5 Å². The minimum absolute atomic E-state index is 0.0442. The molecule has 1 spiro atoms. The van der Waals surface area contributed by atoms with E-state index in [1.54, 1.807) is 24.5 Å². The normalized spacial score (nSPS) is 26.1. The highest BCUT2D eigenvalue weighted by Crippen LogP contribution is 2.40. The summed E-state index contributed by atoms with van der Waals surface area (Å²) in [5, 5.41) is 18.3. The Morgan fingerprint density at radius 2 is 1.83 bits per heavy atom. The number of nitrogens with zero attached hydrogens (tertiary/aromatic N) is 4. The molecule has 0 bridgehead atoms. The Balaban J connectivity index is 1.36. The van der Waals surface area contributed by atoms with Crippen molar-refractivity contribution in [3.63, 3.8) is 0 Å². The number of hydrogen-bond acceptors (Lipinski definition) is 5. The first kappa shape index (κ1) is 19.2. The van der Waals surface area contributed by atoms with Crippen LogP contribution in [0.4, 0.5) is 0 Å². The van der Waals surface area contributed by atoms with Gasteiger partial charge in [0, 0.05) is 60.8 Å². The lowest BCUT2D eigenvalue weighted by Gasteiger charge is -2.51. The fraction of sp³-hybridized carbons (Fsp3) is 0.545. The number of nitrogens with one attached hydrogen (secondary N) is 1. The average Bonchev–Trinajstić information content (AvgIpc) is 3.40. The maximum Gasteiger partial charge on any atom is 0.274 e. The maximum atomic E-state index is 13.3. The van der Waals surface area contributed by atoms with Crippen LogP contribution >= 0.6 is 0 Å². The minimum atomic E-state index is -0.528. The third-order valence-electron chi connectivity index (χ3n) is 7.00. The van der Waals surface area contributed by atoms with E-state index >= 15 is 0 Å². The quantitative estimate of drug-likeness (QED) is 0.781. The van der Waals surface area contributed by atoms with Crippen LogP contribution in [0, 0.1) is 5.41 Å². The smallest absolute Gasteiger partial charge is 0.274 e. The number of H-pyrrole nitrogens is 1. The van der Waals surface area contributed by atoms with Gasteiger partial charge in [-0.05, 0) is 50.7 Å². The number of rotatable bonds is 2. The van der Waals surface area contributed by atoms with Gasteiger partial charge in [0.25, 0.3) is 11.8 Å². The third kappa shape index (κ3) is 3.19. The molecule has 0 aromatic carbocycles. The Labute approximate surface area is 175 Å². The zero-order chi connectivity index (χ0) is 20.7. The lowest BCUT2D eigenvalue weighted by atomic mass is 9.71. The van der Waals surface area contributed by atoms with Crippen molar-refractivity contribution < 1.29 is 14.7 Å². The molecular weight excluding hydrogens is 382 g/mol. The number of amides is 2. The van der Waals surface area contributed by atoms with Crippen LogP contribution in [0.15, 0.2) is 24.5 Å². The summed E-state index contributed by atoms with van der Waals surface area (Å²) in [5.74, 6) is -0.101. The molecule has 0 unspecified atom stereocenters. The van der Waals surface area contributed by atoms with Gasteiger partial charge in [-0.3, -0.25) is 19.7 Å². The second-order valence-corrected chi connectivity index (χ2v) is 8.84. The van der Waals surface area contributed by atoms with Crippen LogP contribution in [0.1, 0.15) is 57.8 Å². The van der Waals surface area contributed by atoms with Gasteiger partial charge in [0.15, 0.2) is 5.69 Å². The van der Waals surface area contributed by atoms with E-state index in [-0.39, 0.29) is 11.8 Å². The summed E-state index contributed by atoms with van der Waals surface area (Å²) in [6.07, 6.45) is 7.74. The number of aliphatic hydroxyl groups is 1. The fourth-order valence-electron chi connectivity index (χ4n) is 5.38. The molecule has 2 amide bonds. The van der Waals surface area contributed by atoms with Crippen molar-refractivity contribution in [2.75, 3.05) is 26.2 Å². The molecule has 0 radical (unpaired) electrons. The van der Waals surface area contributed by atoms with Gasteiger partial charge in [-0.2, -0.15) is 5.10 Å². The van der Waals surface area contributed by atoms with E-state index in [4.69, 9.17) is 0 Å². The Bertz CT molecular complexity index is 959. The van der Waals surface area contributed by atoms with Crippen LogP contribution < -0.4 is 0 Å². The molecule has 1 aliphatic carbocycles. The predicted octanol–water partition coefficient (Wildman–Crippen LogP) is 1.42. The van der Waals surface area contributed by atoms with Gasteiger partial charge < -0.3 is 14.9 Å². The van der Waals surface area contributed by atoms with E-state index in [2.05, 4.69) is 15.2 Å². The Morgan fingerprint density at radius 3 is 2.63 bits per heavy atom. The van der Waals surface area contributed by atoms with Gasteiger partial charge in [-0.25, -0.2) is 0 Å². The van der Waals surface area contributed by atoms with Gasteiger partial charge >= 0.3 is 0 Å². The van der Waals surface area contributed by atoms with Crippen molar-refractivity contribution in [3.8, 4) is 0 Å². The van der Waals surface area contributed by atoms with Crippen molar-refractivity contribution in [2.45, 2.75) is 44.6 Å². The molecule has 3 aliphatic rings. The lowest BCUT2D eigenvalue weighted by Crippen LogP contribution is -2.60. The van der Waals surface area contributed by atoms with E-state index in [0.29, 0.717) is 43.9 Å².